The highest BCUT2D eigenvalue weighted by Gasteiger charge is 1.99. The van der Waals surface area contributed by atoms with Gasteiger partial charge in [0.05, 0.1) is 7.11 Å². The van der Waals surface area contributed by atoms with E-state index in [4.69, 9.17) is 4.74 Å². The third kappa shape index (κ3) is 5.21. The van der Waals surface area contributed by atoms with Gasteiger partial charge in [0.15, 0.2) is 0 Å². The van der Waals surface area contributed by atoms with Gasteiger partial charge < -0.3 is 10.1 Å². The summed E-state index contributed by atoms with van der Waals surface area (Å²) < 4.78 is 6.11. The van der Waals surface area contributed by atoms with Crippen molar-refractivity contribution in [3.63, 3.8) is 0 Å². The maximum atomic E-state index is 11.5. The van der Waals surface area contributed by atoms with Gasteiger partial charge in [0.25, 0.3) is 0 Å². The molecule has 92 valence electrons. The van der Waals surface area contributed by atoms with Crippen LogP contribution in [0.3, 0.4) is 0 Å². The van der Waals surface area contributed by atoms with Crippen molar-refractivity contribution in [1.82, 2.24) is 5.32 Å². The second kappa shape index (κ2) is 7.32. The molecule has 0 aliphatic heterocycles. The molecule has 4 heteroatoms. The van der Waals surface area contributed by atoms with Crippen LogP contribution in [0.5, 0.6) is 5.75 Å². The highest BCUT2D eigenvalue weighted by molar-refractivity contribution is 14.1. The van der Waals surface area contributed by atoms with E-state index in [1.807, 2.05) is 31.2 Å². The molecule has 0 saturated carbocycles. The molecule has 0 spiro atoms. The van der Waals surface area contributed by atoms with E-state index in [1.54, 1.807) is 13.2 Å². The minimum Gasteiger partial charge on any atom is -0.497 e. The van der Waals surface area contributed by atoms with E-state index in [-0.39, 0.29) is 5.91 Å². The predicted octanol–water partition coefficient (Wildman–Crippen LogP) is 3.04. The zero-order valence-electron chi connectivity index (χ0n) is 10.00. The lowest BCUT2D eigenvalue weighted by atomic mass is 10.2. The fraction of sp³-hybridized carbons (Fsp3) is 0.308. The molecule has 1 aromatic carbocycles. The number of halogens is 1. The average Bonchev–Trinajstić information content (AvgIpc) is 2.36. The van der Waals surface area contributed by atoms with Gasteiger partial charge in [-0.05, 0) is 50.3 Å². The summed E-state index contributed by atoms with van der Waals surface area (Å²) in [5, 5.41) is 2.84. The van der Waals surface area contributed by atoms with Gasteiger partial charge in [-0.2, -0.15) is 0 Å². The molecule has 0 saturated heterocycles. The van der Waals surface area contributed by atoms with E-state index in [0.717, 1.165) is 21.3 Å². The Hall–Kier alpha value is -1.04. The molecule has 0 unspecified atom stereocenters. The molecule has 0 aliphatic carbocycles. The van der Waals surface area contributed by atoms with Crippen molar-refractivity contribution in [3.8, 4) is 5.75 Å². The van der Waals surface area contributed by atoms with Crippen LogP contribution in [0.15, 0.2) is 33.9 Å². The molecule has 0 radical (unpaired) electrons. The van der Waals surface area contributed by atoms with Gasteiger partial charge in [-0.1, -0.05) is 19.1 Å². The van der Waals surface area contributed by atoms with Gasteiger partial charge in [-0.25, -0.2) is 0 Å². The Labute approximate surface area is 115 Å². The molecule has 0 bridgehead atoms. The minimum absolute atomic E-state index is 0.0490. The van der Waals surface area contributed by atoms with Crippen molar-refractivity contribution in [2.75, 3.05) is 7.11 Å². The standard InChI is InChI=1S/C13H16INO2/c1-3-11(14)8-13(16)15-9-10-4-6-12(17-2)7-5-10/h4-8H,3,9H2,1-2H3,(H,15,16)/b11-8+. The van der Waals surface area contributed by atoms with Crippen molar-refractivity contribution in [2.24, 2.45) is 0 Å². The number of hydrogen-bond donors (Lipinski definition) is 1. The lowest BCUT2D eigenvalue weighted by Crippen LogP contribution is -2.20. The van der Waals surface area contributed by atoms with Crippen LogP contribution < -0.4 is 10.1 Å². The topological polar surface area (TPSA) is 38.3 Å². The number of methoxy groups -OCH3 is 1. The number of ether oxygens (including phenoxy) is 1. The normalized spacial score (nSPS) is 11.1. The molecule has 3 nitrogen and oxygen atoms in total. The first-order valence-corrected chi connectivity index (χ1v) is 6.50. The second-order valence-corrected chi connectivity index (χ2v) is 4.90. The molecular weight excluding hydrogens is 329 g/mol. The Kier molecular flexibility index (Phi) is 6.04. The number of benzene rings is 1. The third-order valence-electron chi connectivity index (χ3n) is 2.25. The van der Waals surface area contributed by atoms with Crippen LogP contribution in [-0.2, 0) is 11.3 Å². The zero-order chi connectivity index (χ0) is 12.7. The molecule has 1 aromatic rings. The van der Waals surface area contributed by atoms with Gasteiger partial charge in [0, 0.05) is 12.6 Å². The van der Waals surface area contributed by atoms with Crippen molar-refractivity contribution < 1.29 is 9.53 Å². The second-order valence-electron chi connectivity index (χ2n) is 3.51. The van der Waals surface area contributed by atoms with E-state index in [0.29, 0.717) is 6.54 Å². The Morgan fingerprint density at radius 2 is 2.06 bits per heavy atom. The molecule has 17 heavy (non-hydrogen) atoms. The van der Waals surface area contributed by atoms with Crippen LogP contribution in [0, 0.1) is 0 Å². The number of hydrogen-bond acceptors (Lipinski definition) is 2. The number of carbonyl (C=O) groups excluding carboxylic acids is 1. The summed E-state index contributed by atoms with van der Waals surface area (Å²) in [6.07, 6.45) is 2.51. The van der Waals surface area contributed by atoms with E-state index < -0.39 is 0 Å². The van der Waals surface area contributed by atoms with Gasteiger partial charge in [0.2, 0.25) is 5.91 Å². The number of nitrogens with one attached hydrogen (secondary N) is 1. The van der Waals surface area contributed by atoms with Crippen LogP contribution in [0.2, 0.25) is 0 Å². The molecule has 1 N–H and O–H groups in total. The Morgan fingerprint density at radius 3 is 2.59 bits per heavy atom. The predicted molar refractivity (Wildman–Crippen MR) is 77.2 cm³/mol. The number of amides is 1. The summed E-state index contributed by atoms with van der Waals surface area (Å²) in [4.78, 5) is 11.5. The summed E-state index contributed by atoms with van der Waals surface area (Å²) in [5.74, 6) is 0.771. The third-order valence-corrected chi connectivity index (χ3v) is 3.33. The molecule has 1 amide bonds. The van der Waals surface area contributed by atoms with E-state index >= 15 is 0 Å². The first-order chi connectivity index (χ1) is 8.15. The largest absolute Gasteiger partial charge is 0.497 e. The highest BCUT2D eigenvalue weighted by atomic mass is 127. The Morgan fingerprint density at radius 1 is 1.41 bits per heavy atom. The van der Waals surface area contributed by atoms with Crippen molar-refractivity contribution in [2.45, 2.75) is 19.9 Å². The van der Waals surface area contributed by atoms with E-state index in [2.05, 4.69) is 27.9 Å². The quantitative estimate of drug-likeness (QED) is 0.658. The summed E-state index contributed by atoms with van der Waals surface area (Å²) in [6.45, 7) is 2.56. The lowest BCUT2D eigenvalue weighted by molar-refractivity contribution is -0.116. The van der Waals surface area contributed by atoms with Crippen LogP contribution in [-0.4, -0.2) is 13.0 Å². The van der Waals surface area contributed by atoms with E-state index in [1.165, 1.54) is 0 Å². The van der Waals surface area contributed by atoms with Crippen LogP contribution in [0.1, 0.15) is 18.9 Å². The van der Waals surface area contributed by atoms with Crippen LogP contribution in [0.4, 0.5) is 0 Å². The van der Waals surface area contributed by atoms with Crippen LogP contribution in [0.25, 0.3) is 0 Å². The van der Waals surface area contributed by atoms with Gasteiger partial charge in [-0.3, -0.25) is 4.79 Å². The Bertz CT molecular complexity index is 398. The lowest BCUT2D eigenvalue weighted by Gasteiger charge is -2.04. The fourth-order valence-corrected chi connectivity index (χ4v) is 1.51. The van der Waals surface area contributed by atoms with Crippen molar-refractivity contribution >= 4 is 28.5 Å². The van der Waals surface area contributed by atoms with Gasteiger partial charge >= 0.3 is 0 Å². The fourth-order valence-electron chi connectivity index (χ4n) is 1.23. The van der Waals surface area contributed by atoms with Crippen molar-refractivity contribution in [3.05, 3.63) is 39.5 Å². The van der Waals surface area contributed by atoms with Crippen LogP contribution >= 0.6 is 22.6 Å². The molecular formula is C13H16INO2. The smallest absolute Gasteiger partial charge is 0.244 e. The highest BCUT2D eigenvalue weighted by Crippen LogP contribution is 2.11. The molecule has 0 fully saturated rings. The molecule has 1 rings (SSSR count). The minimum atomic E-state index is -0.0490. The first-order valence-electron chi connectivity index (χ1n) is 5.42. The first kappa shape index (κ1) is 14.0. The van der Waals surface area contributed by atoms with E-state index in [9.17, 15) is 4.79 Å². The maximum absolute atomic E-state index is 11.5. The van der Waals surface area contributed by atoms with Gasteiger partial charge in [0.1, 0.15) is 5.75 Å². The average molecular weight is 345 g/mol. The van der Waals surface area contributed by atoms with Crippen molar-refractivity contribution in [1.29, 1.82) is 0 Å². The molecule has 0 atom stereocenters. The monoisotopic (exact) mass is 345 g/mol. The maximum Gasteiger partial charge on any atom is 0.244 e. The van der Waals surface area contributed by atoms with Gasteiger partial charge in [-0.15, -0.1) is 0 Å². The zero-order valence-corrected chi connectivity index (χ0v) is 12.2. The molecule has 0 heterocycles. The summed E-state index contributed by atoms with van der Waals surface area (Å²) in [7, 11) is 1.63. The number of allylic oxidation sites excluding steroid dienone is 1. The summed E-state index contributed by atoms with van der Waals surface area (Å²) >= 11 is 2.17. The number of carbonyl (C=O) groups is 1. The summed E-state index contributed by atoms with van der Waals surface area (Å²) in [6, 6.07) is 7.64. The molecule has 0 aromatic heterocycles. The Balaban J connectivity index is 2.47. The number of rotatable bonds is 5. The molecule has 0 aliphatic rings. The summed E-state index contributed by atoms with van der Waals surface area (Å²) in [5.41, 5.74) is 1.05. The SMILES string of the molecule is CC/C(I)=C\C(=O)NCc1ccc(OC)cc1.